The van der Waals surface area contributed by atoms with Gasteiger partial charge in [-0.2, -0.15) is 0 Å². The Labute approximate surface area is 99.3 Å². The second-order valence-electron chi connectivity index (χ2n) is 5.54. The first kappa shape index (κ1) is 12.3. The molecule has 1 unspecified atom stereocenters. The van der Waals surface area contributed by atoms with Crippen molar-refractivity contribution in [2.75, 3.05) is 26.7 Å². The third-order valence-electron chi connectivity index (χ3n) is 4.20. The molecular weight excluding hydrogens is 200 g/mol. The third-order valence-corrected chi connectivity index (χ3v) is 4.20. The molecule has 1 saturated carbocycles. The first-order chi connectivity index (χ1) is 7.78. The van der Waals surface area contributed by atoms with Crippen molar-refractivity contribution in [1.82, 2.24) is 4.90 Å². The highest BCUT2D eigenvalue weighted by Crippen LogP contribution is 2.25. The highest BCUT2D eigenvalue weighted by Gasteiger charge is 2.24. The number of nitrogens with two attached hydrogens (primary N) is 1. The quantitative estimate of drug-likeness (QED) is 0.794. The van der Waals surface area contributed by atoms with Crippen molar-refractivity contribution in [2.24, 2.45) is 11.7 Å². The Balaban J connectivity index is 1.72. The monoisotopic (exact) mass is 226 g/mol. The molecule has 2 aliphatic rings. The number of piperidine rings is 1. The molecular formula is C13H26N2O. The first-order valence-electron chi connectivity index (χ1n) is 6.78. The Hall–Kier alpha value is -0.120. The molecule has 1 aliphatic heterocycles. The van der Waals surface area contributed by atoms with E-state index in [1.54, 1.807) is 0 Å². The third kappa shape index (κ3) is 3.44. The Morgan fingerprint density at radius 3 is 2.62 bits per heavy atom. The fourth-order valence-electron chi connectivity index (χ4n) is 3.11. The van der Waals surface area contributed by atoms with Crippen LogP contribution in [0.3, 0.4) is 0 Å². The molecule has 2 rings (SSSR count). The Morgan fingerprint density at radius 2 is 1.94 bits per heavy atom. The SMILES string of the molecule is COC1CCCN(CC2CCC(N)CC2)C1. The van der Waals surface area contributed by atoms with E-state index in [-0.39, 0.29) is 0 Å². The van der Waals surface area contributed by atoms with Gasteiger partial charge in [-0.3, -0.25) is 0 Å². The number of methoxy groups -OCH3 is 1. The highest BCUT2D eigenvalue weighted by atomic mass is 16.5. The van der Waals surface area contributed by atoms with E-state index < -0.39 is 0 Å². The summed E-state index contributed by atoms with van der Waals surface area (Å²) >= 11 is 0. The van der Waals surface area contributed by atoms with Crippen molar-refractivity contribution in [1.29, 1.82) is 0 Å². The van der Waals surface area contributed by atoms with Crippen LogP contribution in [0.2, 0.25) is 0 Å². The molecule has 3 nitrogen and oxygen atoms in total. The molecule has 1 saturated heterocycles. The normalized spacial score (nSPS) is 37.5. The van der Waals surface area contributed by atoms with E-state index in [1.165, 1.54) is 51.6 Å². The molecule has 0 amide bonds. The van der Waals surface area contributed by atoms with Crippen molar-refractivity contribution < 1.29 is 4.74 Å². The molecule has 0 aromatic heterocycles. The lowest BCUT2D eigenvalue weighted by Gasteiger charge is -2.36. The van der Waals surface area contributed by atoms with Crippen LogP contribution >= 0.6 is 0 Å². The molecule has 94 valence electrons. The zero-order valence-electron chi connectivity index (χ0n) is 10.5. The Kier molecular flexibility index (Phi) is 4.62. The lowest BCUT2D eigenvalue weighted by atomic mass is 9.86. The van der Waals surface area contributed by atoms with Gasteiger partial charge < -0.3 is 15.4 Å². The Bertz CT molecular complexity index is 202. The summed E-state index contributed by atoms with van der Waals surface area (Å²) in [6.45, 7) is 3.67. The van der Waals surface area contributed by atoms with Gasteiger partial charge in [-0.1, -0.05) is 0 Å². The Morgan fingerprint density at radius 1 is 1.19 bits per heavy atom. The van der Waals surface area contributed by atoms with Crippen LogP contribution < -0.4 is 5.73 Å². The molecule has 1 atom stereocenters. The van der Waals surface area contributed by atoms with Gasteiger partial charge in [0, 0.05) is 26.2 Å². The maximum absolute atomic E-state index is 5.94. The van der Waals surface area contributed by atoms with Gasteiger partial charge in [-0.05, 0) is 51.0 Å². The van der Waals surface area contributed by atoms with Crippen LogP contribution in [0.4, 0.5) is 0 Å². The van der Waals surface area contributed by atoms with Crippen LogP contribution in [0.15, 0.2) is 0 Å². The van der Waals surface area contributed by atoms with E-state index in [4.69, 9.17) is 10.5 Å². The lowest BCUT2D eigenvalue weighted by molar-refractivity contribution is 0.0233. The van der Waals surface area contributed by atoms with Crippen molar-refractivity contribution in [3.63, 3.8) is 0 Å². The summed E-state index contributed by atoms with van der Waals surface area (Å²) in [6, 6.07) is 0.476. The van der Waals surface area contributed by atoms with E-state index in [0.29, 0.717) is 12.1 Å². The molecule has 0 aromatic rings. The summed E-state index contributed by atoms with van der Waals surface area (Å²) in [5.74, 6) is 0.885. The second-order valence-corrected chi connectivity index (χ2v) is 5.54. The minimum atomic E-state index is 0.472. The van der Waals surface area contributed by atoms with E-state index in [1.807, 2.05) is 7.11 Å². The summed E-state index contributed by atoms with van der Waals surface area (Å²) in [7, 11) is 1.84. The molecule has 0 spiro atoms. The minimum Gasteiger partial charge on any atom is -0.380 e. The second kappa shape index (κ2) is 5.99. The average molecular weight is 226 g/mol. The molecule has 0 radical (unpaired) electrons. The van der Waals surface area contributed by atoms with Gasteiger partial charge in [0.2, 0.25) is 0 Å². The topological polar surface area (TPSA) is 38.5 Å². The molecule has 1 heterocycles. The van der Waals surface area contributed by atoms with E-state index in [9.17, 15) is 0 Å². The van der Waals surface area contributed by atoms with Crippen molar-refractivity contribution in [3.05, 3.63) is 0 Å². The van der Waals surface area contributed by atoms with Gasteiger partial charge >= 0.3 is 0 Å². The van der Waals surface area contributed by atoms with Crippen molar-refractivity contribution in [2.45, 2.75) is 50.7 Å². The van der Waals surface area contributed by atoms with E-state index in [0.717, 1.165) is 12.5 Å². The molecule has 3 heteroatoms. The fourth-order valence-corrected chi connectivity index (χ4v) is 3.11. The van der Waals surface area contributed by atoms with Gasteiger partial charge in [0.25, 0.3) is 0 Å². The van der Waals surface area contributed by atoms with E-state index >= 15 is 0 Å². The standard InChI is InChI=1S/C13H26N2O/c1-16-13-3-2-8-15(10-13)9-11-4-6-12(14)7-5-11/h11-13H,2-10,14H2,1H3. The van der Waals surface area contributed by atoms with Gasteiger partial charge in [0.05, 0.1) is 6.10 Å². The average Bonchev–Trinajstić information content (AvgIpc) is 2.32. The number of likely N-dealkylation sites (tertiary alicyclic amines) is 1. The van der Waals surface area contributed by atoms with E-state index in [2.05, 4.69) is 4.90 Å². The smallest absolute Gasteiger partial charge is 0.0698 e. The number of rotatable bonds is 3. The number of hydrogen-bond acceptors (Lipinski definition) is 3. The summed E-state index contributed by atoms with van der Waals surface area (Å²) in [5, 5.41) is 0. The molecule has 0 bridgehead atoms. The number of nitrogens with zero attached hydrogens (tertiary/aromatic N) is 1. The van der Waals surface area contributed by atoms with Crippen LogP contribution in [-0.4, -0.2) is 43.8 Å². The van der Waals surface area contributed by atoms with Crippen molar-refractivity contribution >= 4 is 0 Å². The predicted molar refractivity (Wildman–Crippen MR) is 66.4 cm³/mol. The van der Waals surface area contributed by atoms with Gasteiger partial charge in [0.1, 0.15) is 0 Å². The largest absolute Gasteiger partial charge is 0.380 e. The lowest BCUT2D eigenvalue weighted by Crippen LogP contribution is -2.42. The summed E-state index contributed by atoms with van der Waals surface area (Å²) in [5.41, 5.74) is 5.94. The number of ether oxygens (including phenoxy) is 1. The maximum atomic E-state index is 5.94. The van der Waals surface area contributed by atoms with Crippen molar-refractivity contribution in [3.8, 4) is 0 Å². The zero-order chi connectivity index (χ0) is 11.4. The highest BCUT2D eigenvalue weighted by molar-refractivity contribution is 4.79. The predicted octanol–water partition coefficient (Wildman–Crippen LogP) is 1.61. The van der Waals surface area contributed by atoms with Crippen LogP contribution in [0.1, 0.15) is 38.5 Å². The molecule has 2 fully saturated rings. The van der Waals surface area contributed by atoms with Crippen LogP contribution in [-0.2, 0) is 4.74 Å². The molecule has 16 heavy (non-hydrogen) atoms. The number of hydrogen-bond donors (Lipinski definition) is 1. The van der Waals surface area contributed by atoms with Crippen LogP contribution in [0.5, 0.6) is 0 Å². The fraction of sp³-hybridized carbons (Fsp3) is 1.00. The van der Waals surface area contributed by atoms with Gasteiger partial charge in [-0.15, -0.1) is 0 Å². The van der Waals surface area contributed by atoms with Crippen LogP contribution in [0.25, 0.3) is 0 Å². The zero-order valence-corrected chi connectivity index (χ0v) is 10.5. The van der Waals surface area contributed by atoms with Gasteiger partial charge in [-0.25, -0.2) is 0 Å². The molecule has 0 aromatic carbocycles. The summed E-state index contributed by atoms with van der Waals surface area (Å²) in [4.78, 5) is 2.60. The van der Waals surface area contributed by atoms with Gasteiger partial charge in [0.15, 0.2) is 0 Å². The summed E-state index contributed by atoms with van der Waals surface area (Å²) in [6.07, 6.45) is 8.12. The molecule has 2 N–H and O–H groups in total. The maximum Gasteiger partial charge on any atom is 0.0698 e. The first-order valence-corrected chi connectivity index (χ1v) is 6.78. The summed E-state index contributed by atoms with van der Waals surface area (Å²) < 4.78 is 5.47. The molecule has 1 aliphatic carbocycles. The van der Waals surface area contributed by atoms with Crippen LogP contribution in [0, 0.1) is 5.92 Å². The minimum absolute atomic E-state index is 0.472.